The summed E-state index contributed by atoms with van der Waals surface area (Å²) in [5.41, 5.74) is 2.44. The number of carboxylic acid groups (broad SMARTS) is 1. The molecule has 2 aliphatic rings. The van der Waals surface area contributed by atoms with Crippen LogP contribution < -0.4 is 20.3 Å². The predicted octanol–water partition coefficient (Wildman–Crippen LogP) is 0.310. The zero-order chi connectivity index (χ0) is 23.5. The van der Waals surface area contributed by atoms with E-state index >= 15 is 0 Å². The Morgan fingerprint density at radius 3 is 2.91 bits per heavy atom. The number of aliphatic carboxylic acids is 1. The van der Waals surface area contributed by atoms with E-state index < -0.39 is 36.6 Å². The minimum Gasteiger partial charge on any atom is -0.482 e. The fourth-order valence-electron chi connectivity index (χ4n) is 3.67. The monoisotopic (exact) mass is 454 g/mol. The molecule has 11 nitrogen and oxygen atoms in total. The number of carbonyl (C=O) groups is 3. The number of ether oxygens (including phenoxy) is 2. The molecule has 5 N–H and O–H groups in total. The number of hydrogen-bond acceptors (Lipinski definition) is 7. The highest BCUT2D eigenvalue weighted by atomic mass is 16.5. The van der Waals surface area contributed by atoms with Gasteiger partial charge < -0.3 is 35.2 Å². The molecule has 0 radical (unpaired) electrons. The van der Waals surface area contributed by atoms with Crippen LogP contribution >= 0.6 is 0 Å². The van der Waals surface area contributed by atoms with Crippen molar-refractivity contribution in [3.63, 3.8) is 0 Å². The van der Waals surface area contributed by atoms with Crippen molar-refractivity contribution in [2.75, 3.05) is 30.0 Å². The Kier molecular flexibility index (Phi) is 6.24. The van der Waals surface area contributed by atoms with Crippen LogP contribution in [0.4, 0.5) is 11.4 Å². The van der Waals surface area contributed by atoms with Gasteiger partial charge in [0.2, 0.25) is 0 Å². The number of carboxylic acids is 1. The maximum atomic E-state index is 13.0. The van der Waals surface area contributed by atoms with E-state index in [0.29, 0.717) is 23.8 Å². The molecular formula is C22H22N4O7. The van der Waals surface area contributed by atoms with E-state index in [1.165, 1.54) is 11.0 Å². The Morgan fingerprint density at radius 1 is 1.30 bits per heavy atom. The van der Waals surface area contributed by atoms with Crippen LogP contribution in [-0.4, -0.2) is 65.8 Å². The van der Waals surface area contributed by atoms with Crippen LogP contribution in [0.3, 0.4) is 0 Å². The lowest BCUT2D eigenvalue weighted by Gasteiger charge is -2.34. The van der Waals surface area contributed by atoms with E-state index in [4.69, 9.17) is 20.0 Å². The average Bonchev–Trinajstić information content (AvgIpc) is 3.17. The molecule has 2 aliphatic heterocycles. The van der Waals surface area contributed by atoms with Gasteiger partial charge in [0.1, 0.15) is 11.6 Å². The van der Waals surface area contributed by atoms with E-state index in [2.05, 4.69) is 10.6 Å². The van der Waals surface area contributed by atoms with Gasteiger partial charge in [0.05, 0.1) is 6.61 Å². The van der Waals surface area contributed by atoms with Gasteiger partial charge >= 0.3 is 5.97 Å². The smallest absolute Gasteiger partial charge is 0.341 e. The van der Waals surface area contributed by atoms with Crippen LogP contribution in [0.2, 0.25) is 0 Å². The van der Waals surface area contributed by atoms with Crippen molar-refractivity contribution < 1.29 is 34.1 Å². The molecule has 1 saturated heterocycles. The summed E-state index contributed by atoms with van der Waals surface area (Å²) in [6.07, 6.45) is -3.16. The Balaban J connectivity index is 1.44. The molecule has 0 aliphatic carbocycles. The molecule has 1 fully saturated rings. The van der Waals surface area contributed by atoms with E-state index in [-0.39, 0.29) is 18.9 Å². The standard InChI is InChI=1S/C22H22N4O7/c23-20-16-5-4-13(8-12(16)10-24-20)25-21(30)18(29)19-22(31)26(6-7-32-19)14-2-1-3-15(9-14)33-11-17(27)28/h1-5,8-9,18-19,29H,6-7,10-11H2,(H2,23,24)(H,25,30)(H,27,28)/t18-,19-/m1/s1. The van der Waals surface area contributed by atoms with Crippen molar-refractivity contribution in [1.29, 1.82) is 5.41 Å². The van der Waals surface area contributed by atoms with Gasteiger partial charge in [-0.3, -0.25) is 15.0 Å². The van der Waals surface area contributed by atoms with Crippen LogP contribution in [-0.2, 0) is 25.7 Å². The lowest BCUT2D eigenvalue weighted by Crippen LogP contribution is -2.55. The second-order valence-electron chi connectivity index (χ2n) is 7.50. The number of amides is 2. The largest absolute Gasteiger partial charge is 0.482 e. The third kappa shape index (κ3) is 4.78. The summed E-state index contributed by atoms with van der Waals surface area (Å²) in [6, 6.07) is 11.3. The number of anilines is 2. The van der Waals surface area contributed by atoms with Crippen molar-refractivity contribution in [1.82, 2.24) is 5.32 Å². The number of fused-ring (bicyclic) bond motifs is 1. The van der Waals surface area contributed by atoms with Gasteiger partial charge in [-0.25, -0.2) is 4.79 Å². The molecule has 2 amide bonds. The molecule has 172 valence electrons. The average molecular weight is 454 g/mol. The molecule has 11 heteroatoms. The third-order valence-corrected chi connectivity index (χ3v) is 5.27. The zero-order valence-corrected chi connectivity index (χ0v) is 17.4. The Morgan fingerprint density at radius 2 is 2.12 bits per heavy atom. The second-order valence-corrected chi connectivity index (χ2v) is 7.50. The molecule has 0 aromatic heterocycles. The van der Waals surface area contributed by atoms with Gasteiger partial charge in [-0.05, 0) is 35.9 Å². The number of carbonyl (C=O) groups excluding carboxylic acids is 2. The van der Waals surface area contributed by atoms with Gasteiger partial charge in [0.15, 0.2) is 18.8 Å². The summed E-state index contributed by atoms with van der Waals surface area (Å²) >= 11 is 0. The second kappa shape index (κ2) is 9.27. The quantitative estimate of drug-likeness (QED) is 0.399. The minimum atomic E-state index is -1.75. The van der Waals surface area contributed by atoms with Gasteiger partial charge in [-0.2, -0.15) is 0 Å². The summed E-state index contributed by atoms with van der Waals surface area (Å²) in [5, 5.41) is 32.6. The first-order valence-electron chi connectivity index (χ1n) is 10.2. The number of rotatable bonds is 7. The number of nitrogens with one attached hydrogen (secondary N) is 3. The number of aliphatic hydroxyl groups is 1. The first-order valence-corrected chi connectivity index (χ1v) is 10.2. The fourth-order valence-corrected chi connectivity index (χ4v) is 3.67. The maximum Gasteiger partial charge on any atom is 0.341 e. The van der Waals surface area contributed by atoms with Crippen molar-refractivity contribution >= 4 is 35.0 Å². The SMILES string of the molecule is N=C1NCc2cc(NC(=O)[C@H](O)[C@H]3OCCN(c4cccc(OCC(=O)O)c4)C3=O)ccc21. The molecule has 0 bridgehead atoms. The van der Waals surface area contributed by atoms with E-state index in [1.807, 2.05) is 0 Å². The molecule has 0 saturated carbocycles. The molecule has 2 aromatic rings. The highest BCUT2D eigenvalue weighted by molar-refractivity contribution is 6.04. The predicted molar refractivity (Wildman–Crippen MR) is 116 cm³/mol. The Hall–Kier alpha value is -3.96. The molecule has 4 rings (SSSR count). The number of benzene rings is 2. The van der Waals surface area contributed by atoms with E-state index in [9.17, 15) is 19.5 Å². The Labute approximate surface area is 188 Å². The maximum absolute atomic E-state index is 13.0. The number of amidine groups is 1. The van der Waals surface area contributed by atoms with Crippen LogP contribution in [0.5, 0.6) is 5.75 Å². The van der Waals surface area contributed by atoms with E-state index in [1.54, 1.807) is 36.4 Å². The van der Waals surface area contributed by atoms with Crippen LogP contribution in [0.15, 0.2) is 42.5 Å². The lowest BCUT2D eigenvalue weighted by molar-refractivity contribution is -0.150. The molecular weight excluding hydrogens is 432 g/mol. The summed E-state index contributed by atoms with van der Waals surface area (Å²) in [7, 11) is 0. The summed E-state index contributed by atoms with van der Waals surface area (Å²) in [5.74, 6) is -1.96. The highest BCUT2D eigenvalue weighted by Gasteiger charge is 2.39. The number of hydrogen-bond donors (Lipinski definition) is 5. The van der Waals surface area contributed by atoms with Crippen molar-refractivity contribution in [3.8, 4) is 5.75 Å². The number of aliphatic hydroxyl groups excluding tert-OH is 1. The Bertz CT molecular complexity index is 1120. The molecule has 0 unspecified atom stereocenters. The van der Waals surface area contributed by atoms with Crippen LogP contribution in [0.25, 0.3) is 0 Å². The summed E-state index contributed by atoms with van der Waals surface area (Å²) < 4.78 is 10.6. The van der Waals surface area contributed by atoms with Crippen molar-refractivity contribution in [3.05, 3.63) is 53.6 Å². The van der Waals surface area contributed by atoms with Crippen molar-refractivity contribution in [2.45, 2.75) is 18.8 Å². The van der Waals surface area contributed by atoms with Gasteiger partial charge in [0, 0.05) is 36.1 Å². The fraction of sp³-hybridized carbons (Fsp3) is 0.273. The lowest BCUT2D eigenvalue weighted by atomic mass is 10.1. The number of morpholine rings is 1. The van der Waals surface area contributed by atoms with Crippen LogP contribution in [0.1, 0.15) is 11.1 Å². The summed E-state index contributed by atoms with van der Waals surface area (Å²) in [6.45, 7) is 0.222. The van der Waals surface area contributed by atoms with Crippen molar-refractivity contribution in [2.24, 2.45) is 0 Å². The molecule has 2 heterocycles. The topological polar surface area (TPSA) is 161 Å². The molecule has 2 aromatic carbocycles. The highest BCUT2D eigenvalue weighted by Crippen LogP contribution is 2.25. The first-order chi connectivity index (χ1) is 15.8. The minimum absolute atomic E-state index is 0.0909. The van der Waals surface area contributed by atoms with Gasteiger partial charge in [-0.1, -0.05) is 6.07 Å². The first kappa shape index (κ1) is 22.2. The third-order valence-electron chi connectivity index (χ3n) is 5.27. The summed E-state index contributed by atoms with van der Waals surface area (Å²) in [4.78, 5) is 37.7. The van der Waals surface area contributed by atoms with Crippen LogP contribution in [0, 0.1) is 5.41 Å². The number of nitrogens with zero attached hydrogens (tertiary/aromatic N) is 1. The normalized spacial score (nSPS) is 18.3. The zero-order valence-electron chi connectivity index (χ0n) is 17.4. The molecule has 0 spiro atoms. The molecule has 33 heavy (non-hydrogen) atoms. The van der Waals surface area contributed by atoms with E-state index in [0.717, 1.165) is 11.1 Å². The molecule has 2 atom stereocenters. The van der Waals surface area contributed by atoms with Gasteiger partial charge in [-0.15, -0.1) is 0 Å². The van der Waals surface area contributed by atoms with Gasteiger partial charge in [0.25, 0.3) is 11.8 Å².